The third-order valence-corrected chi connectivity index (χ3v) is 4.35. The highest BCUT2D eigenvalue weighted by molar-refractivity contribution is 5.84. The Bertz CT molecular complexity index is 1280. The highest BCUT2D eigenvalue weighted by Gasteiger charge is 2.12. The average Bonchev–Trinajstić information content (AvgIpc) is 2.73. The van der Waals surface area contributed by atoms with E-state index < -0.39 is 0 Å². The molecule has 4 aromatic rings. The summed E-state index contributed by atoms with van der Waals surface area (Å²) in [6.07, 6.45) is 0. The van der Waals surface area contributed by atoms with E-state index in [1.54, 1.807) is 49.6 Å². The zero-order valence-corrected chi connectivity index (χ0v) is 15.4. The number of azo groups is 1. The molecule has 1 aromatic heterocycles. The number of aromatic hydroxyl groups is 2. The maximum atomic E-state index is 12.6. The molecule has 7 nitrogen and oxygen atoms in total. The number of para-hydroxylation sites is 1. The largest absolute Gasteiger partial charge is 0.506 e. The van der Waals surface area contributed by atoms with Crippen LogP contribution in [0, 0.1) is 0 Å². The lowest BCUT2D eigenvalue weighted by molar-refractivity contribution is 0.415. The molecule has 0 atom stereocenters. The number of phenols is 2. The zero-order valence-electron chi connectivity index (χ0n) is 15.4. The molecule has 0 spiro atoms. The zero-order chi connectivity index (χ0) is 20.4. The van der Waals surface area contributed by atoms with Crippen molar-refractivity contribution < 1.29 is 19.4 Å². The van der Waals surface area contributed by atoms with Crippen LogP contribution in [0.1, 0.15) is 0 Å². The second kappa shape index (κ2) is 7.47. The Morgan fingerprint density at radius 3 is 2.31 bits per heavy atom. The first-order chi connectivity index (χ1) is 14.0. The molecule has 2 N–H and O–H groups in total. The highest BCUT2D eigenvalue weighted by Crippen LogP contribution is 2.35. The standard InChI is InChI=1S/C22H16N2O5/c1-28-14-8-6-13(7-9-14)21-11-19(26)15-10-17(20(27)12-22(15)29-21)24-23-16-4-2-3-5-18(16)25/h2-12,25,27H,1H3. The van der Waals surface area contributed by atoms with Gasteiger partial charge in [-0.3, -0.25) is 4.79 Å². The molecule has 0 aliphatic rings. The minimum absolute atomic E-state index is 0.0415. The van der Waals surface area contributed by atoms with Gasteiger partial charge >= 0.3 is 0 Å². The number of methoxy groups -OCH3 is 1. The van der Waals surface area contributed by atoms with Crippen LogP contribution in [0.2, 0.25) is 0 Å². The molecule has 0 bridgehead atoms. The van der Waals surface area contributed by atoms with Gasteiger partial charge in [0.1, 0.15) is 40.0 Å². The van der Waals surface area contributed by atoms with E-state index in [9.17, 15) is 15.0 Å². The Morgan fingerprint density at radius 2 is 1.59 bits per heavy atom. The Kier molecular flexibility index (Phi) is 4.70. The van der Waals surface area contributed by atoms with Gasteiger partial charge in [0.05, 0.1) is 12.5 Å². The van der Waals surface area contributed by atoms with Crippen LogP contribution >= 0.6 is 0 Å². The van der Waals surface area contributed by atoms with Crippen molar-refractivity contribution in [2.45, 2.75) is 0 Å². The van der Waals surface area contributed by atoms with Gasteiger partial charge in [0, 0.05) is 17.7 Å². The van der Waals surface area contributed by atoms with Crippen LogP contribution in [0.15, 0.2) is 86.2 Å². The maximum Gasteiger partial charge on any atom is 0.193 e. The Balaban J connectivity index is 1.75. The number of phenolic OH excluding ortho intramolecular Hbond substituents is 2. The van der Waals surface area contributed by atoms with Crippen LogP contribution < -0.4 is 10.2 Å². The summed E-state index contributed by atoms with van der Waals surface area (Å²) in [5, 5.41) is 28.2. The molecular formula is C22H16N2O5. The Morgan fingerprint density at radius 1 is 0.862 bits per heavy atom. The van der Waals surface area contributed by atoms with Gasteiger partial charge in [0.15, 0.2) is 5.43 Å². The number of benzene rings is 3. The van der Waals surface area contributed by atoms with Gasteiger partial charge < -0.3 is 19.4 Å². The topological polar surface area (TPSA) is 105 Å². The van der Waals surface area contributed by atoms with Crippen LogP contribution in [0.5, 0.6) is 17.2 Å². The number of rotatable bonds is 4. The summed E-state index contributed by atoms with van der Waals surface area (Å²) in [6, 6.07) is 17.6. The number of nitrogens with zero attached hydrogens (tertiary/aromatic N) is 2. The molecule has 29 heavy (non-hydrogen) atoms. The predicted octanol–water partition coefficient (Wildman–Crippen LogP) is 5.30. The quantitative estimate of drug-likeness (QED) is 0.462. The molecule has 0 aliphatic heterocycles. The van der Waals surface area contributed by atoms with Crippen molar-refractivity contribution in [2.75, 3.05) is 7.11 Å². The van der Waals surface area contributed by atoms with E-state index in [2.05, 4.69) is 10.2 Å². The number of ether oxygens (including phenoxy) is 1. The highest BCUT2D eigenvalue weighted by atomic mass is 16.5. The molecule has 0 radical (unpaired) electrons. The number of hydrogen-bond acceptors (Lipinski definition) is 7. The summed E-state index contributed by atoms with van der Waals surface area (Å²) < 4.78 is 10.9. The first-order valence-corrected chi connectivity index (χ1v) is 8.70. The van der Waals surface area contributed by atoms with E-state index in [4.69, 9.17) is 9.15 Å². The summed E-state index contributed by atoms with van der Waals surface area (Å²) >= 11 is 0. The third kappa shape index (κ3) is 3.66. The first kappa shape index (κ1) is 18.2. The fraction of sp³-hybridized carbons (Fsp3) is 0.0455. The number of hydrogen-bond donors (Lipinski definition) is 2. The fourth-order valence-electron chi connectivity index (χ4n) is 2.81. The maximum absolute atomic E-state index is 12.6. The second-order valence-corrected chi connectivity index (χ2v) is 6.23. The first-order valence-electron chi connectivity index (χ1n) is 8.70. The monoisotopic (exact) mass is 388 g/mol. The molecule has 0 fully saturated rings. The summed E-state index contributed by atoms with van der Waals surface area (Å²) in [4.78, 5) is 12.6. The van der Waals surface area contributed by atoms with Gasteiger partial charge in [-0.2, -0.15) is 0 Å². The lowest BCUT2D eigenvalue weighted by atomic mass is 10.1. The SMILES string of the molecule is COc1ccc(-c2cc(=O)c3cc(N=Nc4ccccc4O)c(O)cc3o2)cc1. The molecule has 144 valence electrons. The van der Waals surface area contributed by atoms with Crippen LogP contribution in [-0.2, 0) is 0 Å². The molecular weight excluding hydrogens is 372 g/mol. The molecule has 0 saturated carbocycles. The minimum atomic E-state index is -0.281. The molecule has 0 amide bonds. The van der Waals surface area contributed by atoms with E-state index in [1.165, 1.54) is 24.3 Å². The second-order valence-electron chi connectivity index (χ2n) is 6.23. The van der Waals surface area contributed by atoms with Gasteiger partial charge in [-0.1, -0.05) is 12.1 Å². The van der Waals surface area contributed by atoms with Crippen molar-refractivity contribution in [1.29, 1.82) is 0 Å². The molecule has 0 aliphatic carbocycles. The van der Waals surface area contributed by atoms with Crippen LogP contribution in [-0.4, -0.2) is 17.3 Å². The summed E-state index contributed by atoms with van der Waals surface area (Å²) in [5.74, 6) is 0.814. The van der Waals surface area contributed by atoms with Crippen molar-refractivity contribution in [2.24, 2.45) is 10.2 Å². The lowest BCUT2D eigenvalue weighted by Gasteiger charge is -2.06. The van der Waals surface area contributed by atoms with E-state index in [0.29, 0.717) is 17.1 Å². The smallest absolute Gasteiger partial charge is 0.193 e. The van der Waals surface area contributed by atoms with Gasteiger partial charge in [0.25, 0.3) is 0 Å². The Labute approximate surface area is 165 Å². The van der Waals surface area contributed by atoms with Crippen molar-refractivity contribution in [3.63, 3.8) is 0 Å². The van der Waals surface area contributed by atoms with Crippen molar-refractivity contribution in [3.8, 4) is 28.6 Å². The predicted molar refractivity (Wildman–Crippen MR) is 108 cm³/mol. The molecule has 3 aromatic carbocycles. The van der Waals surface area contributed by atoms with E-state index in [-0.39, 0.29) is 39.3 Å². The molecule has 0 saturated heterocycles. The van der Waals surface area contributed by atoms with E-state index in [0.717, 1.165) is 0 Å². The summed E-state index contributed by atoms with van der Waals surface area (Å²) in [6.45, 7) is 0. The summed E-state index contributed by atoms with van der Waals surface area (Å²) in [5.41, 5.74) is 0.977. The van der Waals surface area contributed by atoms with Crippen LogP contribution in [0.4, 0.5) is 11.4 Å². The molecule has 1 heterocycles. The Hall–Kier alpha value is -4.13. The number of fused-ring (bicyclic) bond motifs is 1. The molecule has 4 rings (SSSR count). The molecule has 0 unspecified atom stereocenters. The van der Waals surface area contributed by atoms with Gasteiger partial charge in [-0.15, -0.1) is 10.2 Å². The van der Waals surface area contributed by atoms with Gasteiger partial charge in [0.2, 0.25) is 0 Å². The van der Waals surface area contributed by atoms with Gasteiger partial charge in [-0.05, 0) is 42.5 Å². The van der Waals surface area contributed by atoms with E-state index >= 15 is 0 Å². The van der Waals surface area contributed by atoms with Crippen LogP contribution in [0.3, 0.4) is 0 Å². The van der Waals surface area contributed by atoms with Crippen molar-refractivity contribution in [3.05, 3.63) is 77.0 Å². The normalized spacial score (nSPS) is 11.2. The van der Waals surface area contributed by atoms with Crippen molar-refractivity contribution >= 4 is 22.3 Å². The third-order valence-electron chi connectivity index (χ3n) is 4.35. The minimum Gasteiger partial charge on any atom is -0.506 e. The fourth-order valence-corrected chi connectivity index (χ4v) is 2.81. The summed E-state index contributed by atoms with van der Waals surface area (Å²) in [7, 11) is 1.57. The average molecular weight is 388 g/mol. The van der Waals surface area contributed by atoms with Gasteiger partial charge in [-0.25, -0.2) is 0 Å². The lowest BCUT2D eigenvalue weighted by Crippen LogP contribution is -2.00. The van der Waals surface area contributed by atoms with Crippen molar-refractivity contribution in [1.82, 2.24) is 0 Å². The van der Waals surface area contributed by atoms with E-state index in [1.807, 2.05) is 0 Å². The van der Waals surface area contributed by atoms with Crippen LogP contribution in [0.25, 0.3) is 22.3 Å². The molecule has 7 heteroatoms.